The van der Waals surface area contributed by atoms with Crippen LogP contribution < -0.4 is 9.47 Å². The lowest BCUT2D eigenvalue weighted by Crippen LogP contribution is -2.34. The summed E-state index contributed by atoms with van der Waals surface area (Å²) in [6, 6.07) is 15.6. The first-order chi connectivity index (χ1) is 20.6. The SMILES string of the molecule is COCCn1c(CN2CCC(c3cccc4c3OC(C)(c3ccc(C(F)(F)F)cc3)O4)CC2)nc2ccc(C(=O)O)cc21. The third-order valence-corrected chi connectivity index (χ3v) is 8.33. The number of alkyl halides is 3. The zero-order valence-electron chi connectivity index (χ0n) is 23.9. The van der Waals surface area contributed by atoms with E-state index in [9.17, 15) is 23.1 Å². The van der Waals surface area contributed by atoms with Crippen LogP contribution in [0.5, 0.6) is 11.5 Å². The number of halogens is 3. The Labute approximate surface area is 246 Å². The van der Waals surface area contributed by atoms with E-state index in [4.69, 9.17) is 19.2 Å². The highest BCUT2D eigenvalue weighted by molar-refractivity contribution is 5.92. The zero-order valence-corrected chi connectivity index (χ0v) is 23.9. The third kappa shape index (κ3) is 5.66. The summed E-state index contributed by atoms with van der Waals surface area (Å²) in [5.41, 5.74) is 2.55. The molecule has 0 amide bonds. The van der Waals surface area contributed by atoms with Gasteiger partial charge in [-0.15, -0.1) is 0 Å². The van der Waals surface area contributed by atoms with Crippen molar-refractivity contribution in [3.8, 4) is 11.5 Å². The molecule has 3 heterocycles. The Morgan fingerprint density at radius 3 is 2.51 bits per heavy atom. The summed E-state index contributed by atoms with van der Waals surface area (Å²) in [5, 5.41) is 9.46. The molecule has 1 fully saturated rings. The minimum atomic E-state index is -4.41. The fourth-order valence-corrected chi connectivity index (χ4v) is 6.01. The number of imidazole rings is 1. The standard InChI is InChI=1S/C32H32F3N3O5/c1-31(22-7-9-23(10-8-22)32(33,34)35)42-27-5-3-4-24(29(27)43-31)20-12-14-37(15-13-20)19-28-36-25-11-6-21(30(39)40)18-26(25)38(28)16-17-41-2/h3-11,18,20H,12-17,19H2,1-2H3,(H,39,40). The van der Waals surface area contributed by atoms with Gasteiger partial charge in [-0.2, -0.15) is 13.2 Å². The average Bonchev–Trinajstić information content (AvgIpc) is 3.52. The van der Waals surface area contributed by atoms with Gasteiger partial charge in [0, 0.05) is 31.7 Å². The monoisotopic (exact) mass is 595 g/mol. The van der Waals surface area contributed by atoms with Crippen molar-refractivity contribution in [2.45, 2.75) is 50.7 Å². The number of carboxylic acid groups (broad SMARTS) is 1. The van der Waals surface area contributed by atoms with Gasteiger partial charge in [-0.3, -0.25) is 4.90 Å². The molecule has 2 aliphatic rings. The van der Waals surface area contributed by atoms with Crippen molar-refractivity contribution in [2.24, 2.45) is 0 Å². The molecule has 0 bridgehead atoms. The van der Waals surface area contributed by atoms with Gasteiger partial charge in [-0.05, 0) is 68.2 Å². The van der Waals surface area contributed by atoms with Crippen molar-refractivity contribution in [3.05, 3.63) is 88.7 Å². The minimum absolute atomic E-state index is 0.217. The number of likely N-dealkylation sites (tertiary alicyclic amines) is 1. The molecule has 226 valence electrons. The maximum absolute atomic E-state index is 13.1. The van der Waals surface area contributed by atoms with Crippen molar-refractivity contribution >= 4 is 17.0 Å². The van der Waals surface area contributed by atoms with E-state index < -0.39 is 23.5 Å². The molecular weight excluding hydrogens is 563 g/mol. The van der Waals surface area contributed by atoms with Gasteiger partial charge >= 0.3 is 12.1 Å². The number of aromatic carboxylic acids is 1. The predicted octanol–water partition coefficient (Wildman–Crippen LogP) is 6.42. The molecule has 8 nitrogen and oxygen atoms in total. The summed E-state index contributed by atoms with van der Waals surface area (Å²) in [7, 11) is 1.63. The lowest BCUT2D eigenvalue weighted by atomic mass is 9.88. The predicted molar refractivity (Wildman–Crippen MR) is 152 cm³/mol. The van der Waals surface area contributed by atoms with Gasteiger partial charge in [0.05, 0.1) is 35.3 Å². The molecule has 0 aliphatic carbocycles. The number of para-hydroxylation sites is 1. The molecule has 0 saturated carbocycles. The zero-order chi connectivity index (χ0) is 30.4. The molecular formula is C32H32F3N3O5. The lowest BCUT2D eigenvalue weighted by molar-refractivity contribution is -0.137. The molecule has 1 unspecified atom stereocenters. The van der Waals surface area contributed by atoms with Crippen molar-refractivity contribution in [3.63, 3.8) is 0 Å². The molecule has 3 aromatic carbocycles. The molecule has 2 aliphatic heterocycles. The Morgan fingerprint density at radius 2 is 1.84 bits per heavy atom. The number of benzene rings is 3. The van der Waals surface area contributed by atoms with Gasteiger partial charge in [-0.25, -0.2) is 9.78 Å². The maximum Gasteiger partial charge on any atom is 0.416 e. The second-order valence-electron chi connectivity index (χ2n) is 11.1. The van der Waals surface area contributed by atoms with Gasteiger partial charge in [0.2, 0.25) is 0 Å². The molecule has 4 aromatic rings. The number of hydrogen-bond acceptors (Lipinski definition) is 6. The normalized spacial score (nSPS) is 19.3. The molecule has 6 rings (SSSR count). The van der Waals surface area contributed by atoms with Crippen molar-refractivity contribution < 1.29 is 37.3 Å². The Kier molecular flexibility index (Phi) is 7.55. The van der Waals surface area contributed by atoms with Crippen LogP contribution in [0.2, 0.25) is 0 Å². The first-order valence-electron chi connectivity index (χ1n) is 14.2. The Hall–Kier alpha value is -4.09. The highest BCUT2D eigenvalue weighted by atomic mass is 19.4. The Bertz CT molecular complexity index is 1640. The van der Waals surface area contributed by atoms with Gasteiger partial charge < -0.3 is 23.9 Å². The van der Waals surface area contributed by atoms with Crippen LogP contribution >= 0.6 is 0 Å². The number of carbonyl (C=O) groups is 1. The van der Waals surface area contributed by atoms with E-state index in [1.807, 2.05) is 22.8 Å². The molecule has 0 radical (unpaired) electrons. The fourth-order valence-electron chi connectivity index (χ4n) is 6.01. The molecule has 11 heteroatoms. The van der Waals surface area contributed by atoms with Gasteiger partial charge in [-0.1, -0.05) is 24.3 Å². The maximum atomic E-state index is 13.1. The number of piperidine rings is 1. The molecule has 43 heavy (non-hydrogen) atoms. The van der Waals surface area contributed by atoms with Crippen molar-refractivity contribution in [1.82, 2.24) is 14.5 Å². The van der Waals surface area contributed by atoms with Crippen LogP contribution in [0.25, 0.3) is 11.0 Å². The summed E-state index contributed by atoms with van der Waals surface area (Å²) in [5.74, 6) is 0.0820. The quantitative estimate of drug-likeness (QED) is 0.252. The number of methoxy groups -OCH3 is 1. The smallest absolute Gasteiger partial charge is 0.416 e. The van der Waals surface area contributed by atoms with E-state index in [0.29, 0.717) is 36.8 Å². The van der Waals surface area contributed by atoms with Crippen molar-refractivity contribution in [2.75, 3.05) is 26.8 Å². The van der Waals surface area contributed by atoms with E-state index in [2.05, 4.69) is 4.90 Å². The van der Waals surface area contributed by atoms with E-state index in [1.54, 1.807) is 32.2 Å². The second kappa shape index (κ2) is 11.2. The number of aromatic nitrogens is 2. The van der Waals surface area contributed by atoms with E-state index in [-0.39, 0.29) is 11.5 Å². The molecule has 1 atom stereocenters. The van der Waals surface area contributed by atoms with Crippen LogP contribution in [-0.4, -0.2) is 52.3 Å². The van der Waals surface area contributed by atoms with Crippen LogP contribution in [0.3, 0.4) is 0 Å². The number of nitrogens with zero attached hydrogens (tertiary/aromatic N) is 3. The van der Waals surface area contributed by atoms with Crippen LogP contribution in [0.15, 0.2) is 60.7 Å². The van der Waals surface area contributed by atoms with E-state index >= 15 is 0 Å². The molecule has 1 aromatic heterocycles. The highest BCUT2D eigenvalue weighted by Gasteiger charge is 2.42. The van der Waals surface area contributed by atoms with Crippen LogP contribution in [-0.2, 0) is 29.8 Å². The molecule has 1 N–H and O–H groups in total. The average molecular weight is 596 g/mol. The van der Waals surface area contributed by atoms with Crippen LogP contribution in [0, 0.1) is 0 Å². The summed E-state index contributed by atoms with van der Waals surface area (Å²) in [6.07, 6.45) is -2.67. The molecule has 1 saturated heterocycles. The summed E-state index contributed by atoms with van der Waals surface area (Å²) in [6.45, 7) is 5.01. The van der Waals surface area contributed by atoms with Crippen LogP contribution in [0.4, 0.5) is 13.2 Å². The first-order valence-corrected chi connectivity index (χ1v) is 14.2. The number of rotatable bonds is 8. The summed E-state index contributed by atoms with van der Waals surface area (Å²) in [4.78, 5) is 18.7. The number of fused-ring (bicyclic) bond motifs is 2. The van der Waals surface area contributed by atoms with E-state index in [0.717, 1.165) is 60.5 Å². The Morgan fingerprint density at radius 1 is 1.09 bits per heavy atom. The topological polar surface area (TPSA) is 86.0 Å². The molecule has 0 spiro atoms. The minimum Gasteiger partial charge on any atom is -0.478 e. The van der Waals surface area contributed by atoms with Gasteiger partial charge in [0.1, 0.15) is 5.82 Å². The Balaban J connectivity index is 1.16. The van der Waals surface area contributed by atoms with E-state index in [1.165, 1.54) is 12.1 Å². The van der Waals surface area contributed by atoms with Crippen LogP contribution in [0.1, 0.15) is 58.6 Å². The third-order valence-electron chi connectivity index (χ3n) is 8.33. The largest absolute Gasteiger partial charge is 0.478 e. The fraction of sp³-hybridized carbons (Fsp3) is 0.375. The summed E-state index contributed by atoms with van der Waals surface area (Å²) < 4.78 is 59.1. The number of carboxylic acids is 1. The lowest BCUT2D eigenvalue weighted by Gasteiger charge is -2.32. The number of ether oxygens (including phenoxy) is 3. The van der Waals surface area contributed by atoms with Gasteiger partial charge in [0.15, 0.2) is 11.5 Å². The summed E-state index contributed by atoms with van der Waals surface area (Å²) >= 11 is 0. The highest BCUT2D eigenvalue weighted by Crippen LogP contribution is 2.49. The number of hydrogen-bond donors (Lipinski definition) is 1. The van der Waals surface area contributed by atoms with Gasteiger partial charge in [0.25, 0.3) is 5.79 Å². The first kappa shape index (κ1) is 29.0. The van der Waals surface area contributed by atoms with Crippen molar-refractivity contribution in [1.29, 1.82) is 0 Å². The second-order valence-corrected chi connectivity index (χ2v) is 11.1.